The van der Waals surface area contributed by atoms with E-state index in [1.165, 1.54) is 27.5 Å². The Hall–Kier alpha value is -3.67. The summed E-state index contributed by atoms with van der Waals surface area (Å²) in [7, 11) is -3.73. The van der Waals surface area contributed by atoms with Crippen LogP contribution in [-0.2, 0) is 55.1 Å². The molecule has 3 aliphatic heterocycles. The summed E-state index contributed by atoms with van der Waals surface area (Å²) in [5.74, 6) is 3.23. The molecule has 1 saturated carbocycles. The molecular formula is C46H58N2O9S4. The van der Waals surface area contributed by atoms with Crippen LogP contribution in [-0.4, -0.2) is 76.4 Å². The van der Waals surface area contributed by atoms with Crippen molar-refractivity contribution in [3.63, 3.8) is 0 Å². The number of aliphatic hydroxyl groups excluding tert-OH is 3. The van der Waals surface area contributed by atoms with E-state index in [0.717, 1.165) is 64.3 Å². The van der Waals surface area contributed by atoms with Gasteiger partial charge in [-0.1, -0.05) is 61.5 Å². The number of hydrogen-bond donors (Lipinski definition) is 5. The van der Waals surface area contributed by atoms with Crippen LogP contribution in [0.5, 0.6) is 0 Å². The summed E-state index contributed by atoms with van der Waals surface area (Å²) in [6.07, 6.45) is 5.32. The second-order valence-electron chi connectivity index (χ2n) is 15.1. The Morgan fingerprint density at radius 3 is 2.05 bits per heavy atom. The van der Waals surface area contributed by atoms with E-state index in [-0.39, 0.29) is 56.6 Å². The molecule has 61 heavy (non-hydrogen) atoms. The number of fused-ring (bicyclic) bond motifs is 2. The molecule has 15 heteroatoms. The van der Waals surface area contributed by atoms with E-state index in [2.05, 4.69) is 24.0 Å². The number of aryl methyl sites for hydroxylation is 1. The predicted molar refractivity (Wildman–Crippen MR) is 244 cm³/mol. The number of carbonyl (C=O) groups excluding carboxylic acids is 3. The molecule has 0 spiro atoms. The van der Waals surface area contributed by atoms with Crippen LogP contribution in [0.2, 0.25) is 0 Å². The first-order valence-electron chi connectivity index (χ1n) is 20.0. The van der Waals surface area contributed by atoms with E-state index >= 15 is 0 Å². The number of thioether (sulfide) groups is 2. The summed E-state index contributed by atoms with van der Waals surface area (Å²) in [6, 6.07) is 28.1. The lowest BCUT2D eigenvalue weighted by Gasteiger charge is -2.21. The van der Waals surface area contributed by atoms with Crippen LogP contribution in [0.25, 0.3) is 0 Å². The van der Waals surface area contributed by atoms with E-state index in [1.54, 1.807) is 23.9 Å². The molecule has 0 aromatic heterocycles. The van der Waals surface area contributed by atoms with Crippen molar-refractivity contribution < 1.29 is 42.3 Å². The highest BCUT2D eigenvalue weighted by atomic mass is 32.2. The summed E-state index contributed by atoms with van der Waals surface area (Å²) in [6.45, 7) is 2.85. The lowest BCUT2D eigenvalue weighted by molar-refractivity contribution is -0.129. The molecule has 1 aliphatic carbocycles. The van der Waals surface area contributed by atoms with Gasteiger partial charge in [0.25, 0.3) is 10.1 Å². The van der Waals surface area contributed by atoms with Gasteiger partial charge in [-0.3, -0.25) is 18.6 Å². The van der Waals surface area contributed by atoms with Gasteiger partial charge in [0.05, 0.1) is 37.4 Å². The molecule has 3 atom stereocenters. The fourth-order valence-electron chi connectivity index (χ4n) is 6.84. The third-order valence-corrected chi connectivity index (χ3v) is 14.5. The number of rotatable bonds is 10. The van der Waals surface area contributed by atoms with Crippen molar-refractivity contribution in [3.8, 4) is 0 Å². The molecule has 0 radical (unpaired) electrons. The summed E-state index contributed by atoms with van der Waals surface area (Å²) in [5, 5.41) is 29.3. The van der Waals surface area contributed by atoms with Crippen molar-refractivity contribution in [2.45, 2.75) is 117 Å². The monoisotopic (exact) mass is 910 g/mol. The van der Waals surface area contributed by atoms with Crippen LogP contribution in [0.15, 0.2) is 111 Å². The molecule has 4 N–H and O–H groups in total. The van der Waals surface area contributed by atoms with Gasteiger partial charge in [0.2, 0.25) is 11.8 Å². The molecule has 2 amide bonds. The third-order valence-electron chi connectivity index (χ3n) is 10.4. The van der Waals surface area contributed by atoms with Gasteiger partial charge >= 0.3 is 0 Å². The van der Waals surface area contributed by atoms with Crippen molar-refractivity contribution in [2.75, 3.05) is 18.1 Å². The molecule has 3 fully saturated rings. The molecule has 2 saturated heterocycles. The van der Waals surface area contributed by atoms with E-state index < -0.39 is 10.1 Å². The lowest BCUT2D eigenvalue weighted by atomic mass is 10.1. The molecule has 11 nitrogen and oxygen atoms in total. The number of benzene rings is 4. The molecule has 4 aliphatic rings. The van der Waals surface area contributed by atoms with Gasteiger partial charge < -0.3 is 25.5 Å². The Labute approximate surface area is 374 Å². The first-order chi connectivity index (χ1) is 28.8. The van der Waals surface area contributed by atoms with Crippen LogP contribution in [0, 0.1) is 12.8 Å². The third kappa shape index (κ3) is 15.9. The number of ketones is 1. The fraction of sp³-hybridized carbons (Fsp3) is 0.413. The van der Waals surface area contributed by atoms with Gasteiger partial charge in [-0.05, 0) is 96.8 Å². The van der Waals surface area contributed by atoms with Crippen LogP contribution < -0.4 is 5.32 Å². The SMILES string of the molecule is C.Cc1ccc(S(=O)(=O)OC[C@H]2CCC(=O)N2)cc1.O=C1CC[C@@H]2CSc3ccc(CO)cc3CN12.O=C1CC[C@H](CSc2ccc(CO)cc2)C1.OCc1ccc(S)cc1. The van der Waals surface area contributed by atoms with Crippen LogP contribution >= 0.6 is 36.2 Å². The maximum atomic E-state index is 11.8. The predicted octanol–water partition coefficient (Wildman–Crippen LogP) is 7.50. The lowest BCUT2D eigenvalue weighted by Crippen LogP contribution is -2.32. The molecule has 4 aromatic carbocycles. The van der Waals surface area contributed by atoms with E-state index in [4.69, 9.17) is 19.5 Å². The number of hydrogen-bond acceptors (Lipinski definition) is 12. The van der Waals surface area contributed by atoms with Crippen LogP contribution in [0.3, 0.4) is 0 Å². The van der Waals surface area contributed by atoms with E-state index in [1.807, 2.05) is 84.2 Å². The Morgan fingerprint density at radius 2 is 1.46 bits per heavy atom. The summed E-state index contributed by atoms with van der Waals surface area (Å²) < 4.78 is 28.6. The molecule has 0 unspecified atom stereocenters. The van der Waals surface area contributed by atoms with E-state index in [9.17, 15) is 22.8 Å². The maximum absolute atomic E-state index is 11.8. The largest absolute Gasteiger partial charge is 0.392 e. The first-order valence-corrected chi connectivity index (χ1v) is 23.8. The van der Waals surface area contributed by atoms with Crippen molar-refractivity contribution in [1.82, 2.24) is 10.2 Å². The van der Waals surface area contributed by atoms with Gasteiger partial charge in [-0.15, -0.1) is 36.2 Å². The van der Waals surface area contributed by atoms with Gasteiger partial charge in [0, 0.05) is 64.5 Å². The minimum atomic E-state index is -3.73. The number of amides is 2. The number of thiol groups is 1. The zero-order chi connectivity index (χ0) is 43.1. The number of Topliss-reactive ketones (excluding diaryl/α,β-unsaturated/α-hetero) is 1. The number of aliphatic hydroxyl groups is 3. The van der Waals surface area contributed by atoms with Gasteiger partial charge in [-0.25, -0.2) is 0 Å². The number of nitrogens with zero attached hydrogens (tertiary/aromatic N) is 1. The fourth-order valence-corrected chi connectivity index (χ4v) is 10.2. The highest BCUT2D eigenvalue weighted by Crippen LogP contribution is 2.35. The summed E-state index contributed by atoms with van der Waals surface area (Å²) >= 11 is 7.73. The van der Waals surface area contributed by atoms with E-state index in [0.29, 0.717) is 43.6 Å². The molecule has 8 rings (SSSR count). The minimum Gasteiger partial charge on any atom is -0.392 e. The Morgan fingerprint density at radius 1 is 0.820 bits per heavy atom. The Balaban J connectivity index is 0.000000182. The Bertz CT molecular complexity index is 2130. The zero-order valence-electron chi connectivity index (χ0n) is 33.7. The second-order valence-corrected chi connectivity index (χ2v) is 19.4. The van der Waals surface area contributed by atoms with Gasteiger partial charge in [0.1, 0.15) is 5.78 Å². The van der Waals surface area contributed by atoms with Crippen molar-refractivity contribution in [3.05, 3.63) is 119 Å². The average molecular weight is 911 g/mol. The Kier molecular flexibility index (Phi) is 20.3. The highest BCUT2D eigenvalue weighted by Gasteiger charge is 2.33. The molecule has 0 bridgehead atoms. The molecule has 3 heterocycles. The van der Waals surface area contributed by atoms with Crippen LogP contribution in [0.4, 0.5) is 0 Å². The number of carbonyl (C=O) groups is 3. The molecule has 4 aromatic rings. The van der Waals surface area contributed by atoms with Crippen molar-refractivity contribution in [1.29, 1.82) is 0 Å². The standard InChI is InChI=1S/C13H15NO2S.C13H16O2S.C12H15NO4S.C7H8OS.CH4/c15-7-9-1-3-12-10(5-9)6-14-11(8-17-12)2-4-13(14)16;14-8-10-2-5-13(6-3-10)16-9-11-1-4-12(15)7-11;1-9-2-5-11(6-3-9)18(15,16)17-8-10-4-7-12(14)13-10;8-5-6-1-3-7(9)4-2-6;/h1,3,5,11,15H,2,4,6-8H2;2-3,5-6,11,14H,1,4,7-9H2;2-3,5-6,10H,4,7-8H2,1H3,(H,13,14);1-4,8-9H,5H2;1H4/t2*11-;10-;;/m101../s1. The average Bonchev–Trinajstić information content (AvgIpc) is 3.95. The molecule has 330 valence electrons. The first kappa shape index (κ1) is 50.0. The minimum absolute atomic E-state index is 0. The number of nitrogens with one attached hydrogen (secondary N) is 1. The summed E-state index contributed by atoms with van der Waals surface area (Å²) in [5.41, 5.74) is 4.96. The molecular weight excluding hydrogens is 853 g/mol. The maximum Gasteiger partial charge on any atom is 0.297 e. The topological polar surface area (TPSA) is 171 Å². The second kappa shape index (κ2) is 24.8. The summed E-state index contributed by atoms with van der Waals surface area (Å²) in [4.78, 5) is 39.4. The smallest absolute Gasteiger partial charge is 0.297 e. The van der Waals surface area contributed by atoms with Crippen molar-refractivity contribution >= 4 is 63.9 Å². The van der Waals surface area contributed by atoms with Gasteiger partial charge in [-0.2, -0.15) is 8.42 Å². The highest BCUT2D eigenvalue weighted by molar-refractivity contribution is 7.99. The van der Waals surface area contributed by atoms with Gasteiger partial charge in [0.15, 0.2) is 0 Å². The normalized spacial score (nSPS) is 19.1. The van der Waals surface area contributed by atoms with Crippen molar-refractivity contribution in [2.24, 2.45) is 5.92 Å². The van der Waals surface area contributed by atoms with Crippen LogP contribution in [0.1, 0.15) is 80.2 Å². The quantitative estimate of drug-likeness (QED) is 0.0607. The zero-order valence-corrected chi connectivity index (χ0v) is 37.0.